The van der Waals surface area contributed by atoms with E-state index in [0.717, 1.165) is 16.3 Å². The lowest BCUT2D eigenvalue weighted by Crippen LogP contribution is -2.24. The van der Waals surface area contributed by atoms with Crippen LogP contribution in [0.25, 0.3) is 10.8 Å². The zero-order valence-electron chi connectivity index (χ0n) is 11.6. The SMILES string of the molecule is CC(C)(C)OC(=O)c1cccc2c(CN)cccc12. The van der Waals surface area contributed by atoms with Gasteiger partial charge in [-0.15, -0.1) is 0 Å². The molecule has 0 saturated carbocycles. The van der Waals surface area contributed by atoms with Gasteiger partial charge in [-0.1, -0.05) is 30.3 Å². The van der Waals surface area contributed by atoms with E-state index in [1.807, 2.05) is 51.1 Å². The van der Waals surface area contributed by atoms with E-state index < -0.39 is 5.60 Å². The number of rotatable bonds is 2. The van der Waals surface area contributed by atoms with Gasteiger partial charge in [0.2, 0.25) is 0 Å². The van der Waals surface area contributed by atoms with E-state index in [1.165, 1.54) is 0 Å². The van der Waals surface area contributed by atoms with Crippen molar-refractivity contribution in [1.82, 2.24) is 0 Å². The second kappa shape index (κ2) is 5.02. The third kappa shape index (κ3) is 2.93. The molecule has 0 aliphatic rings. The van der Waals surface area contributed by atoms with Crippen molar-refractivity contribution in [2.75, 3.05) is 0 Å². The van der Waals surface area contributed by atoms with Crippen molar-refractivity contribution in [3.8, 4) is 0 Å². The molecule has 0 bridgehead atoms. The van der Waals surface area contributed by atoms with Crippen LogP contribution in [-0.4, -0.2) is 11.6 Å². The molecule has 2 N–H and O–H groups in total. The van der Waals surface area contributed by atoms with Crippen molar-refractivity contribution in [3.63, 3.8) is 0 Å². The van der Waals surface area contributed by atoms with Crippen LogP contribution >= 0.6 is 0 Å². The number of nitrogens with two attached hydrogens (primary N) is 1. The summed E-state index contributed by atoms with van der Waals surface area (Å²) < 4.78 is 5.44. The van der Waals surface area contributed by atoms with E-state index in [1.54, 1.807) is 6.07 Å². The first-order valence-corrected chi connectivity index (χ1v) is 6.36. The molecule has 0 spiro atoms. The van der Waals surface area contributed by atoms with Gasteiger partial charge in [-0.05, 0) is 43.2 Å². The molecule has 0 atom stereocenters. The summed E-state index contributed by atoms with van der Waals surface area (Å²) in [6, 6.07) is 11.4. The number of esters is 1. The summed E-state index contributed by atoms with van der Waals surface area (Å²) in [6.07, 6.45) is 0. The molecule has 100 valence electrons. The Morgan fingerprint density at radius 2 is 1.74 bits per heavy atom. The van der Waals surface area contributed by atoms with E-state index in [4.69, 9.17) is 10.5 Å². The van der Waals surface area contributed by atoms with E-state index >= 15 is 0 Å². The zero-order valence-corrected chi connectivity index (χ0v) is 11.6. The summed E-state index contributed by atoms with van der Waals surface area (Å²) in [7, 11) is 0. The van der Waals surface area contributed by atoms with Crippen LogP contribution in [0.15, 0.2) is 36.4 Å². The van der Waals surface area contributed by atoms with Gasteiger partial charge in [-0.25, -0.2) is 4.79 Å². The Hall–Kier alpha value is -1.87. The summed E-state index contributed by atoms with van der Waals surface area (Å²) >= 11 is 0. The minimum Gasteiger partial charge on any atom is -0.456 e. The van der Waals surface area contributed by atoms with Crippen molar-refractivity contribution >= 4 is 16.7 Å². The molecule has 0 aliphatic heterocycles. The van der Waals surface area contributed by atoms with Crippen LogP contribution in [0, 0.1) is 0 Å². The smallest absolute Gasteiger partial charge is 0.339 e. The maximum Gasteiger partial charge on any atom is 0.339 e. The topological polar surface area (TPSA) is 52.3 Å². The summed E-state index contributed by atoms with van der Waals surface area (Å²) in [5, 5.41) is 1.90. The molecule has 0 fully saturated rings. The lowest BCUT2D eigenvalue weighted by atomic mass is 10.00. The third-order valence-electron chi connectivity index (χ3n) is 2.85. The van der Waals surface area contributed by atoms with E-state index in [9.17, 15) is 4.79 Å². The van der Waals surface area contributed by atoms with Crippen molar-refractivity contribution < 1.29 is 9.53 Å². The monoisotopic (exact) mass is 257 g/mol. The molecule has 3 heteroatoms. The molecule has 0 saturated heterocycles. The fourth-order valence-corrected chi connectivity index (χ4v) is 2.06. The average molecular weight is 257 g/mol. The van der Waals surface area contributed by atoms with E-state index in [2.05, 4.69) is 0 Å². The first-order chi connectivity index (χ1) is 8.92. The van der Waals surface area contributed by atoms with Gasteiger partial charge in [0.25, 0.3) is 0 Å². The molecular formula is C16H19NO2. The molecule has 0 aliphatic carbocycles. The summed E-state index contributed by atoms with van der Waals surface area (Å²) in [5.74, 6) is -0.299. The highest BCUT2D eigenvalue weighted by Gasteiger charge is 2.19. The second-order valence-electron chi connectivity index (χ2n) is 5.52. The minimum absolute atomic E-state index is 0.299. The molecule has 2 aromatic rings. The Bertz CT molecular complexity index is 612. The van der Waals surface area contributed by atoms with Crippen molar-refractivity contribution in [3.05, 3.63) is 47.5 Å². The minimum atomic E-state index is -0.495. The maximum atomic E-state index is 12.2. The van der Waals surface area contributed by atoms with Crippen LogP contribution in [0.1, 0.15) is 36.7 Å². The highest BCUT2D eigenvalue weighted by atomic mass is 16.6. The molecule has 0 aromatic heterocycles. The van der Waals surface area contributed by atoms with Gasteiger partial charge in [-0.2, -0.15) is 0 Å². The zero-order chi connectivity index (χ0) is 14.0. The Labute approximate surface area is 113 Å². The Balaban J connectivity index is 2.53. The predicted molar refractivity (Wildman–Crippen MR) is 77.0 cm³/mol. The molecule has 0 heterocycles. The summed E-state index contributed by atoms with van der Waals surface area (Å²) in [5.41, 5.74) is 6.85. The Morgan fingerprint density at radius 3 is 2.37 bits per heavy atom. The molecule has 0 unspecified atom stereocenters. The number of benzene rings is 2. The molecule has 0 radical (unpaired) electrons. The Kier molecular flexibility index (Phi) is 3.58. The molecule has 2 aromatic carbocycles. The van der Waals surface area contributed by atoms with Gasteiger partial charge in [0.1, 0.15) is 5.60 Å². The van der Waals surface area contributed by atoms with Crippen LogP contribution < -0.4 is 5.73 Å². The summed E-state index contributed by atoms with van der Waals surface area (Å²) in [6.45, 7) is 6.04. The lowest BCUT2D eigenvalue weighted by molar-refractivity contribution is 0.00719. The molecule has 0 amide bonds. The largest absolute Gasteiger partial charge is 0.456 e. The van der Waals surface area contributed by atoms with Crippen molar-refractivity contribution in [1.29, 1.82) is 0 Å². The number of fused-ring (bicyclic) bond motifs is 1. The fraction of sp³-hybridized carbons (Fsp3) is 0.312. The van der Waals surface area contributed by atoms with Gasteiger partial charge in [0, 0.05) is 6.54 Å². The number of carbonyl (C=O) groups excluding carboxylic acids is 1. The second-order valence-corrected chi connectivity index (χ2v) is 5.52. The van der Waals surface area contributed by atoms with E-state index in [-0.39, 0.29) is 5.97 Å². The van der Waals surface area contributed by atoms with Crippen molar-refractivity contribution in [2.45, 2.75) is 32.9 Å². The maximum absolute atomic E-state index is 12.2. The van der Waals surface area contributed by atoms with Crippen LogP contribution in [-0.2, 0) is 11.3 Å². The van der Waals surface area contributed by atoms with Gasteiger partial charge >= 0.3 is 5.97 Å². The quantitative estimate of drug-likeness (QED) is 0.840. The third-order valence-corrected chi connectivity index (χ3v) is 2.85. The normalized spacial score (nSPS) is 11.6. The average Bonchev–Trinajstić information content (AvgIpc) is 2.35. The Morgan fingerprint density at radius 1 is 1.11 bits per heavy atom. The number of hydrogen-bond acceptors (Lipinski definition) is 3. The highest BCUT2D eigenvalue weighted by Crippen LogP contribution is 2.24. The van der Waals surface area contributed by atoms with Crippen LogP contribution in [0.3, 0.4) is 0 Å². The first kappa shape index (κ1) is 13.6. The number of carbonyl (C=O) groups is 1. The van der Waals surface area contributed by atoms with Crippen LogP contribution in [0.2, 0.25) is 0 Å². The number of ether oxygens (including phenoxy) is 1. The van der Waals surface area contributed by atoms with Crippen LogP contribution in [0.4, 0.5) is 0 Å². The number of hydrogen-bond donors (Lipinski definition) is 1. The standard InChI is InChI=1S/C16H19NO2/c1-16(2,3)19-15(18)14-9-5-7-12-11(10-17)6-4-8-13(12)14/h4-9H,10,17H2,1-3H3. The predicted octanol–water partition coefficient (Wildman–Crippen LogP) is 3.25. The molecule has 19 heavy (non-hydrogen) atoms. The molecule has 3 nitrogen and oxygen atoms in total. The fourth-order valence-electron chi connectivity index (χ4n) is 2.06. The van der Waals surface area contributed by atoms with Crippen LogP contribution in [0.5, 0.6) is 0 Å². The first-order valence-electron chi connectivity index (χ1n) is 6.36. The van der Waals surface area contributed by atoms with Gasteiger partial charge in [-0.3, -0.25) is 0 Å². The van der Waals surface area contributed by atoms with Gasteiger partial charge in [0.05, 0.1) is 5.56 Å². The van der Waals surface area contributed by atoms with E-state index in [0.29, 0.717) is 12.1 Å². The molecular weight excluding hydrogens is 238 g/mol. The lowest BCUT2D eigenvalue weighted by Gasteiger charge is -2.20. The highest BCUT2D eigenvalue weighted by molar-refractivity contribution is 6.05. The van der Waals surface area contributed by atoms with Gasteiger partial charge in [0.15, 0.2) is 0 Å². The molecule has 2 rings (SSSR count). The van der Waals surface area contributed by atoms with Crippen molar-refractivity contribution in [2.24, 2.45) is 5.73 Å². The summed E-state index contributed by atoms with van der Waals surface area (Å²) in [4.78, 5) is 12.2. The van der Waals surface area contributed by atoms with Gasteiger partial charge < -0.3 is 10.5 Å².